The smallest absolute Gasteiger partial charge is 0.253 e. The number of fused-ring (bicyclic) bond motifs is 1. The number of halogens is 1. The zero-order chi connectivity index (χ0) is 22.0. The predicted molar refractivity (Wildman–Crippen MR) is 122 cm³/mol. The Morgan fingerprint density at radius 1 is 1.16 bits per heavy atom. The van der Waals surface area contributed by atoms with E-state index >= 15 is 0 Å². The third-order valence-corrected chi connectivity index (χ3v) is 6.09. The fourth-order valence-corrected chi connectivity index (χ4v) is 4.22. The van der Waals surface area contributed by atoms with E-state index in [9.17, 15) is 9.59 Å². The molecule has 6 nitrogen and oxygen atoms in total. The Bertz CT molecular complexity index is 1040. The molecule has 0 unspecified atom stereocenters. The van der Waals surface area contributed by atoms with Crippen molar-refractivity contribution in [3.05, 3.63) is 64.9 Å². The van der Waals surface area contributed by atoms with Gasteiger partial charge in [0, 0.05) is 23.7 Å². The van der Waals surface area contributed by atoms with Crippen LogP contribution in [0, 0.1) is 11.8 Å². The van der Waals surface area contributed by atoms with Crippen LogP contribution in [-0.4, -0.2) is 39.8 Å². The second-order valence-electron chi connectivity index (χ2n) is 8.47. The summed E-state index contributed by atoms with van der Waals surface area (Å²) in [5, 5.41) is 3.78. The van der Waals surface area contributed by atoms with Crippen LogP contribution in [0.2, 0.25) is 5.02 Å². The molecule has 2 N–H and O–H groups in total. The lowest BCUT2D eigenvalue weighted by molar-refractivity contribution is -0.127. The van der Waals surface area contributed by atoms with Crippen molar-refractivity contribution in [1.82, 2.24) is 20.2 Å². The molecule has 162 valence electrons. The molecule has 31 heavy (non-hydrogen) atoms. The Morgan fingerprint density at radius 2 is 1.90 bits per heavy atom. The van der Waals surface area contributed by atoms with Gasteiger partial charge >= 0.3 is 0 Å². The molecule has 3 aromatic rings. The third kappa shape index (κ3) is 4.74. The van der Waals surface area contributed by atoms with Gasteiger partial charge in [0.1, 0.15) is 5.82 Å². The maximum Gasteiger partial charge on any atom is 0.253 e. The largest absolute Gasteiger partial charge is 0.346 e. The second kappa shape index (κ2) is 9.10. The molecule has 0 aliphatic carbocycles. The lowest BCUT2D eigenvalue weighted by Crippen LogP contribution is -2.46. The average molecular weight is 439 g/mol. The SMILES string of the molecule is CC(C)[C@@H](NC(=O)[C@@H]1CCCN(C(=O)c2ccc(Cl)cc2)C1)c1nc2ccccc2[nH]1. The van der Waals surface area contributed by atoms with E-state index in [4.69, 9.17) is 11.6 Å². The number of likely N-dealkylation sites (tertiary alicyclic amines) is 1. The Labute approximate surface area is 187 Å². The molecule has 4 rings (SSSR count). The number of aromatic nitrogens is 2. The first-order chi connectivity index (χ1) is 14.9. The summed E-state index contributed by atoms with van der Waals surface area (Å²) in [4.78, 5) is 35.8. The number of benzene rings is 2. The van der Waals surface area contributed by atoms with E-state index in [1.54, 1.807) is 29.2 Å². The molecule has 1 aromatic heterocycles. The molecular weight excluding hydrogens is 412 g/mol. The van der Waals surface area contributed by atoms with Crippen LogP contribution in [0.3, 0.4) is 0 Å². The first kappa shape index (κ1) is 21.4. The Morgan fingerprint density at radius 3 is 2.61 bits per heavy atom. The topological polar surface area (TPSA) is 78.1 Å². The van der Waals surface area contributed by atoms with Crippen molar-refractivity contribution in [3.8, 4) is 0 Å². The molecule has 0 spiro atoms. The van der Waals surface area contributed by atoms with Gasteiger partial charge in [-0.15, -0.1) is 0 Å². The molecule has 0 radical (unpaired) electrons. The van der Waals surface area contributed by atoms with Gasteiger partial charge in [-0.1, -0.05) is 37.6 Å². The van der Waals surface area contributed by atoms with Crippen LogP contribution in [0.15, 0.2) is 48.5 Å². The van der Waals surface area contributed by atoms with Gasteiger partial charge in [-0.25, -0.2) is 4.98 Å². The number of aromatic amines is 1. The summed E-state index contributed by atoms with van der Waals surface area (Å²) < 4.78 is 0. The number of piperidine rings is 1. The average Bonchev–Trinajstić information content (AvgIpc) is 3.21. The minimum Gasteiger partial charge on any atom is -0.346 e. The number of hydrogen-bond acceptors (Lipinski definition) is 3. The summed E-state index contributed by atoms with van der Waals surface area (Å²) in [6.07, 6.45) is 1.57. The molecule has 1 saturated heterocycles. The zero-order valence-electron chi connectivity index (χ0n) is 17.8. The van der Waals surface area contributed by atoms with Crippen LogP contribution < -0.4 is 5.32 Å². The molecule has 1 fully saturated rings. The highest BCUT2D eigenvalue weighted by atomic mass is 35.5. The number of hydrogen-bond donors (Lipinski definition) is 2. The summed E-state index contributed by atoms with van der Waals surface area (Å²) in [5.41, 5.74) is 2.43. The molecule has 2 atom stereocenters. The molecule has 1 aliphatic rings. The molecule has 1 aliphatic heterocycles. The van der Waals surface area contributed by atoms with Crippen molar-refractivity contribution in [2.45, 2.75) is 32.7 Å². The van der Waals surface area contributed by atoms with E-state index in [0.717, 1.165) is 29.7 Å². The van der Waals surface area contributed by atoms with Crippen LogP contribution in [0.1, 0.15) is 48.9 Å². The number of nitrogens with one attached hydrogen (secondary N) is 2. The second-order valence-corrected chi connectivity index (χ2v) is 8.90. The van der Waals surface area contributed by atoms with E-state index in [0.29, 0.717) is 23.7 Å². The van der Waals surface area contributed by atoms with Gasteiger partial charge < -0.3 is 15.2 Å². The minimum atomic E-state index is -0.240. The highest BCUT2D eigenvalue weighted by molar-refractivity contribution is 6.30. The van der Waals surface area contributed by atoms with Gasteiger partial charge in [0.2, 0.25) is 5.91 Å². The van der Waals surface area contributed by atoms with Crippen molar-refractivity contribution < 1.29 is 9.59 Å². The first-order valence-corrected chi connectivity index (χ1v) is 11.1. The normalized spacial score (nSPS) is 17.7. The van der Waals surface area contributed by atoms with Crippen molar-refractivity contribution in [2.24, 2.45) is 11.8 Å². The molecule has 0 bridgehead atoms. The zero-order valence-corrected chi connectivity index (χ0v) is 18.5. The Hall–Kier alpha value is -2.86. The summed E-state index contributed by atoms with van der Waals surface area (Å²) in [5.74, 6) is 0.588. The fraction of sp³-hybridized carbons (Fsp3) is 0.375. The van der Waals surface area contributed by atoms with Crippen LogP contribution in [-0.2, 0) is 4.79 Å². The van der Waals surface area contributed by atoms with Crippen LogP contribution in [0.4, 0.5) is 0 Å². The maximum atomic E-state index is 13.1. The molecule has 7 heteroatoms. The van der Waals surface area contributed by atoms with E-state index in [1.165, 1.54) is 0 Å². The Balaban J connectivity index is 1.46. The molecule has 2 aromatic carbocycles. The van der Waals surface area contributed by atoms with Gasteiger partial charge in [-0.2, -0.15) is 0 Å². The van der Waals surface area contributed by atoms with Crippen LogP contribution in [0.25, 0.3) is 11.0 Å². The van der Waals surface area contributed by atoms with Gasteiger partial charge in [0.05, 0.1) is 23.0 Å². The van der Waals surface area contributed by atoms with Crippen LogP contribution >= 0.6 is 11.6 Å². The number of para-hydroxylation sites is 2. The maximum absolute atomic E-state index is 13.1. The van der Waals surface area contributed by atoms with Crippen molar-refractivity contribution in [2.75, 3.05) is 13.1 Å². The number of carbonyl (C=O) groups excluding carboxylic acids is 2. The molecule has 2 amide bonds. The fourth-order valence-electron chi connectivity index (χ4n) is 4.09. The summed E-state index contributed by atoms with van der Waals surface area (Å²) >= 11 is 5.93. The van der Waals surface area contributed by atoms with E-state index in [2.05, 4.69) is 29.1 Å². The van der Waals surface area contributed by atoms with E-state index < -0.39 is 0 Å². The monoisotopic (exact) mass is 438 g/mol. The number of carbonyl (C=O) groups is 2. The number of rotatable bonds is 5. The Kier molecular flexibility index (Phi) is 6.28. The van der Waals surface area contributed by atoms with Crippen molar-refractivity contribution >= 4 is 34.4 Å². The van der Waals surface area contributed by atoms with E-state index in [-0.39, 0.29) is 29.7 Å². The summed E-state index contributed by atoms with van der Waals surface area (Å²) in [7, 11) is 0. The van der Waals surface area contributed by atoms with Crippen molar-refractivity contribution in [3.63, 3.8) is 0 Å². The highest BCUT2D eigenvalue weighted by Crippen LogP contribution is 2.25. The third-order valence-electron chi connectivity index (χ3n) is 5.84. The lowest BCUT2D eigenvalue weighted by atomic mass is 9.95. The molecular formula is C24H27ClN4O2. The predicted octanol–water partition coefficient (Wildman–Crippen LogP) is 4.58. The van der Waals surface area contributed by atoms with Gasteiger partial charge in [0.25, 0.3) is 5.91 Å². The van der Waals surface area contributed by atoms with Crippen LogP contribution in [0.5, 0.6) is 0 Å². The van der Waals surface area contributed by atoms with E-state index in [1.807, 2.05) is 24.3 Å². The number of imidazole rings is 1. The van der Waals surface area contributed by atoms with Gasteiger partial charge in [-0.05, 0) is 55.2 Å². The number of nitrogens with zero attached hydrogens (tertiary/aromatic N) is 2. The summed E-state index contributed by atoms with van der Waals surface area (Å²) in [6.45, 7) is 5.20. The summed E-state index contributed by atoms with van der Waals surface area (Å²) in [6, 6.07) is 14.5. The molecule has 0 saturated carbocycles. The quantitative estimate of drug-likeness (QED) is 0.611. The minimum absolute atomic E-state index is 0.0345. The van der Waals surface area contributed by atoms with Gasteiger partial charge in [-0.3, -0.25) is 9.59 Å². The number of H-pyrrole nitrogens is 1. The standard InChI is InChI=1S/C24H27ClN4O2/c1-15(2)21(22-26-19-7-3-4-8-20(19)27-22)28-23(30)17-6-5-13-29(14-17)24(31)16-9-11-18(25)12-10-16/h3-4,7-12,15,17,21H,5-6,13-14H2,1-2H3,(H,26,27)(H,28,30)/t17-,21-/m1/s1. The van der Waals surface area contributed by atoms with Crippen molar-refractivity contribution in [1.29, 1.82) is 0 Å². The lowest BCUT2D eigenvalue weighted by Gasteiger charge is -2.33. The highest BCUT2D eigenvalue weighted by Gasteiger charge is 2.31. The first-order valence-electron chi connectivity index (χ1n) is 10.7. The molecule has 2 heterocycles. The number of amides is 2. The van der Waals surface area contributed by atoms with Gasteiger partial charge in [0.15, 0.2) is 0 Å².